The molecule has 1 amide bonds. The molecule has 0 spiro atoms. The third kappa shape index (κ3) is 2.69. The number of quaternary nitrogens is 1. The number of fused-ring (bicyclic) bond motifs is 2. The van der Waals surface area contributed by atoms with Crippen molar-refractivity contribution >= 4 is 11.9 Å². The van der Waals surface area contributed by atoms with Gasteiger partial charge in [-0.2, -0.15) is 0 Å². The molecule has 0 unspecified atom stereocenters. The second-order valence-electron chi connectivity index (χ2n) is 7.55. The van der Waals surface area contributed by atoms with E-state index in [9.17, 15) is 14.7 Å². The van der Waals surface area contributed by atoms with Crippen LogP contribution >= 0.6 is 0 Å². The van der Waals surface area contributed by atoms with Gasteiger partial charge in [0.1, 0.15) is 0 Å². The third-order valence-electron chi connectivity index (χ3n) is 6.26. The Hall–Kier alpha value is -1.36. The summed E-state index contributed by atoms with van der Waals surface area (Å²) in [6.45, 7) is 10.8. The molecule has 23 heavy (non-hydrogen) atoms. The fraction of sp³-hybridized carbons (Fsp3) is 0.778. The summed E-state index contributed by atoms with van der Waals surface area (Å²) in [5.41, 5.74) is 2.43. The number of carbonyl (C=O) groups is 2. The zero-order valence-electron chi connectivity index (χ0n) is 14.4. The largest absolute Gasteiger partial charge is 0.550 e. The summed E-state index contributed by atoms with van der Waals surface area (Å²) in [5, 5.41) is 11.7. The van der Waals surface area contributed by atoms with Gasteiger partial charge in [-0.1, -0.05) is 11.1 Å². The number of hydrogen-bond donors (Lipinski definition) is 1. The van der Waals surface area contributed by atoms with E-state index in [1.54, 1.807) is 0 Å². The molecule has 2 bridgehead atoms. The van der Waals surface area contributed by atoms with Crippen molar-refractivity contribution < 1.29 is 19.6 Å². The number of hydrogen-bond acceptors (Lipinski definition) is 3. The minimum Gasteiger partial charge on any atom is -0.550 e. The summed E-state index contributed by atoms with van der Waals surface area (Å²) >= 11 is 0. The zero-order chi connectivity index (χ0) is 16.7. The van der Waals surface area contributed by atoms with Crippen LogP contribution in [0.1, 0.15) is 33.6 Å². The van der Waals surface area contributed by atoms with E-state index in [1.807, 2.05) is 18.7 Å². The van der Waals surface area contributed by atoms with Crippen LogP contribution < -0.4 is 10.0 Å². The SMILES string of the molecule is CC[NH+]1CCN(C(=O)[C@@H]2[C@@H](C(=O)[O-])[C@@H]3CC[C@H]2C3=C(C)C)CC1. The van der Waals surface area contributed by atoms with Crippen LogP contribution in [0.2, 0.25) is 0 Å². The van der Waals surface area contributed by atoms with Gasteiger partial charge in [-0.3, -0.25) is 4.79 Å². The highest BCUT2D eigenvalue weighted by Crippen LogP contribution is 2.57. The fourth-order valence-electron chi connectivity index (χ4n) is 5.18. The molecule has 128 valence electrons. The van der Waals surface area contributed by atoms with E-state index < -0.39 is 17.8 Å². The van der Waals surface area contributed by atoms with Gasteiger partial charge >= 0.3 is 0 Å². The molecule has 1 saturated heterocycles. The molecule has 0 aromatic rings. The summed E-state index contributed by atoms with van der Waals surface area (Å²) in [4.78, 5) is 28.2. The van der Waals surface area contributed by atoms with Gasteiger partial charge in [-0.25, -0.2) is 0 Å². The highest BCUT2D eigenvalue weighted by molar-refractivity contribution is 5.87. The predicted octanol–water partition coefficient (Wildman–Crippen LogP) is -0.908. The zero-order valence-corrected chi connectivity index (χ0v) is 14.4. The van der Waals surface area contributed by atoms with Crippen LogP contribution in [0.15, 0.2) is 11.1 Å². The van der Waals surface area contributed by atoms with Crippen molar-refractivity contribution in [3.8, 4) is 0 Å². The number of likely N-dealkylation sites (N-methyl/N-ethyl adjacent to an activating group) is 1. The summed E-state index contributed by atoms with van der Waals surface area (Å²) in [6.07, 6.45) is 1.84. The molecule has 0 aromatic carbocycles. The minimum absolute atomic E-state index is 0.0199. The first-order chi connectivity index (χ1) is 11.0. The van der Waals surface area contributed by atoms with E-state index >= 15 is 0 Å². The molecule has 5 nitrogen and oxygen atoms in total. The lowest BCUT2D eigenvalue weighted by atomic mass is 9.78. The number of nitrogens with one attached hydrogen (secondary N) is 1. The van der Waals surface area contributed by atoms with Gasteiger partial charge in [0.2, 0.25) is 5.91 Å². The quantitative estimate of drug-likeness (QED) is 0.685. The standard InChI is InChI=1S/C18H28N2O3/c1-4-19-7-9-20(10-8-19)17(21)15-12-5-6-13(14(12)11(2)3)16(15)18(22)23/h12-13,15-16H,4-10H2,1-3H3,(H,22,23)/t12-,13+,15-,16-/m0/s1. The summed E-state index contributed by atoms with van der Waals surface area (Å²) in [5.74, 6) is -1.86. The van der Waals surface area contributed by atoms with Crippen LogP contribution in [0.4, 0.5) is 0 Å². The van der Waals surface area contributed by atoms with Crippen molar-refractivity contribution in [2.45, 2.75) is 33.6 Å². The second-order valence-corrected chi connectivity index (χ2v) is 7.55. The molecular weight excluding hydrogens is 292 g/mol. The van der Waals surface area contributed by atoms with Gasteiger partial charge in [0, 0.05) is 11.9 Å². The first-order valence-corrected chi connectivity index (χ1v) is 8.96. The molecule has 5 heteroatoms. The summed E-state index contributed by atoms with van der Waals surface area (Å²) < 4.78 is 0. The smallest absolute Gasteiger partial charge is 0.227 e. The van der Waals surface area contributed by atoms with Crippen molar-refractivity contribution in [1.82, 2.24) is 4.90 Å². The van der Waals surface area contributed by atoms with Crippen LogP contribution in [-0.4, -0.2) is 49.5 Å². The minimum atomic E-state index is -1.04. The van der Waals surface area contributed by atoms with Crippen LogP contribution in [0, 0.1) is 23.7 Å². The molecule has 1 N–H and O–H groups in total. The Balaban J connectivity index is 1.82. The maximum Gasteiger partial charge on any atom is 0.227 e. The number of piperazine rings is 1. The van der Waals surface area contributed by atoms with Crippen molar-refractivity contribution in [3.05, 3.63) is 11.1 Å². The first-order valence-electron chi connectivity index (χ1n) is 8.96. The first kappa shape index (κ1) is 16.5. The fourth-order valence-corrected chi connectivity index (χ4v) is 5.18. The molecule has 0 radical (unpaired) electrons. The number of rotatable bonds is 3. The van der Waals surface area contributed by atoms with Gasteiger partial charge in [0.25, 0.3) is 0 Å². The molecule has 2 aliphatic carbocycles. The topological polar surface area (TPSA) is 64.9 Å². The number of carboxylic acids is 1. The average molecular weight is 320 g/mol. The Kier molecular flexibility index (Phi) is 4.50. The van der Waals surface area contributed by atoms with E-state index in [4.69, 9.17) is 0 Å². The van der Waals surface area contributed by atoms with Gasteiger partial charge in [0.05, 0.1) is 38.6 Å². The van der Waals surface area contributed by atoms with Gasteiger partial charge in [0.15, 0.2) is 0 Å². The van der Waals surface area contributed by atoms with Crippen molar-refractivity contribution in [3.63, 3.8) is 0 Å². The van der Waals surface area contributed by atoms with E-state index in [1.165, 1.54) is 16.0 Å². The molecular formula is C18H28N2O3. The lowest BCUT2D eigenvalue weighted by molar-refractivity contribution is -0.902. The molecule has 3 fully saturated rings. The predicted molar refractivity (Wildman–Crippen MR) is 84.4 cm³/mol. The van der Waals surface area contributed by atoms with Crippen LogP contribution in [0.3, 0.4) is 0 Å². The lowest BCUT2D eigenvalue weighted by Gasteiger charge is -2.37. The molecule has 1 aliphatic heterocycles. The number of carbonyl (C=O) groups excluding carboxylic acids is 2. The van der Waals surface area contributed by atoms with Gasteiger partial charge in [-0.05, 0) is 45.4 Å². The van der Waals surface area contributed by atoms with Gasteiger partial charge < -0.3 is 19.7 Å². The van der Waals surface area contributed by atoms with Crippen molar-refractivity contribution in [2.24, 2.45) is 23.7 Å². The number of nitrogens with zero attached hydrogens (tertiary/aromatic N) is 1. The van der Waals surface area contributed by atoms with Crippen molar-refractivity contribution in [1.29, 1.82) is 0 Å². The average Bonchev–Trinajstić information content (AvgIpc) is 3.10. The number of allylic oxidation sites excluding steroid dienone is 2. The summed E-state index contributed by atoms with van der Waals surface area (Å²) in [6, 6.07) is 0. The Morgan fingerprint density at radius 3 is 2.17 bits per heavy atom. The Morgan fingerprint density at radius 2 is 1.70 bits per heavy atom. The normalized spacial score (nSPS) is 34.0. The highest BCUT2D eigenvalue weighted by atomic mass is 16.4. The molecule has 3 rings (SSSR count). The third-order valence-corrected chi connectivity index (χ3v) is 6.26. The molecule has 1 heterocycles. The molecule has 0 aromatic heterocycles. The Bertz CT molecular complexity index is 530. The van der Waals surface area contributed by atoms with E-state index in [-0.39, 0.29) is 17.7 Å². The number of carboxylic acid groups (broad SMARTS) is 1. The van der Waals surface area contributed by atoms with E-state index in [0.29, 0.717) is 0 Å². The molecule has 3 aliphatic rings. The number of aliphatic carboxylic acids is 1. The maximum absolute atomic E-state index is 13.1. The Morgan fingerprint density at radius 1 is 1.13 bits per heavy atom. The van der Waals surface area contributed by atoms with Crippen LogP contribution in [0.5, 0.6) is 0 Å². The van der Waals surface area contributed by atoms with Crippen LogP contribution in [-0.2, 0) is 9.59 Å². The maximum atomic E-state index is 13.1. The van der Waals surface area contributed by atoms with E-state index in [0.717, 1.165) is 45.6 Å². The monoisotopic (exact) mass is 320 g/mol. The van der Waals surface area contributed by atoms with Crippen LogP contribution in [0.25, 0.3) is 0 Å². The Labute approximate surface area is 138 Å². The molecule has 4 atom stereocenters. The second kappa shape index (κ2) is 6.27. The van der Waals surface area contributed by atoms with Gasteiger partial charge in [-0.15, -0.1) is 0 Å². The summed E-state index contributed by atoms with van der Waals surface area (Å²) in [7, 11) is 0. The lowest BCUT2D eigenvalue weighted by Crippen LogP contribution is -3.14. The van der Waals surface area contributed by atoms with E-state index in [2.05, 4.69) is 6.92 Å². The highest BCUT2D eigenvalue weighted by Gasteiger charge is 2.55. The molecule has 2 saturated carbocycles. The van der Waals surface area contributed by atoms with Crippen molar-refractivity contribution in [2.75, 3.05) is 32.7 Å². The number of amides is 1.